The number of halogens is 1. The Hall–Kier alpha value is -3.22. The third-order valence-electron chi connectivity index (χ3n) is 4.95. The zero-order chi connectivity index (χ0) is 21.0. The molecule has 1 aliphatic heterocycles. The van der Waals surface area contributed by atoms with Gasteiger partial charge in [-0.1, -0.05) is 24.3 Å². The van der Waals surface area contributed by atoms with E-state index in [1.807, 2.05) is 13.8 Å². The van der Waals surface area contributed by atoms with Gasteiger partial charge in [0.15, 0.2) is 0 Å². The van der Waals surface area contributed by atoms with Gasteiger partial charge >= 0.3 is 0 Å². The molecule has 1 atom stereocenters. The normalized spacial score (nSPS) is 16.2. The molecule has 2 aromatic rings. The molecule has 7 heteroatoms. The molecule has 3 amide bonds. The average molecular weight is 397 g/mol. The molecule has 1 heterocycles. The van der Waals surface area contributed by atoms with Crippen molar-refractivity contribution in [3.63, 3.8) is 0 Å². The van der Waals surface area contributed by atoms with Crippen LogP contribution >= 0.6 is 0 Å². The van der Waals surface area contributed by atoms with Crippen molar-refractivity contribution in [2.75, 3.05) is 11.9 Å². The molecule has 152 valence electrons. The number of nitrogens with one attached hydrogen (secondary N) is 2. The first-order chi connectivity index (χ1) is 13.8. The highest BCUT2D eigenvalue weighted by molar-refractivity contribution is 6.05. The maximum absolute atomic E-state index is 13.0. The summed E-state index contributed by atoms with van der Waals surface area (Å²) in [5.74, 6) is -1.45. The molecule has 1 fully saturated rings. The van der Waals surface area contributed by atoms with Crippen molar-refractivity contribution in [3.8, 4) is 0 Å². The number of hydrogen-bond donors (Lipinski definition) is 2. The maximum atomic E-state index is 13.0. The van der Waals surface area contributed by atoms with Gasteiger partial charge in [-0.2, -0.15) is 0 Å². The third kappa shape index (κ3) is 4.99. The fourth-order valence-electron chi connectivity index (χ4n) is 3.31. The summed E-state index contributed by atoms with van der Waals surface area (Å²) in [6.45, 7) is 4.45. The van der Waals surface area contributed by atoms with Crippen LogP contribution in [0.3, 0.4) is 0 Å². The van der Waals surface area contributed by atoms with Gasteiger partial charge in [-0.25, -0.2) is 4.39 Å². The van der Waals surface area contributed by atoms with Crippen LogP contribution < -0.4 is 10.6 Å². The zero-order valence-corrected chi connectivity index (χ0v) is 16.4. The molecule has 0 unspecified atom stereocenters. The van der Waals surface area contributed by atoms with Crippen LogP contribution in [0.5, 0.6) is 0 Å². The number of rotatable bonds is 6. The number of carbonyl (C=O) groups excluding carboxylic acids is 3. The van der Waals surface area contributed by atoms with Crippen molar-refractivity contribution in [1.82, 2.24) is 10.2 Å². The average Bonchev–Trinajstić information content (AvgIpc) is 3.10. The number of likely N-dealkylation sites (tertiary alicyclic amines) is 1. The molecule has 0 aliphatic carbocycles. The van der Waals surface area contributed by atoms with Crippen LogP contribution in [0.4, 0.5) is 10.1 Å². The molecule has 29 heavy (non-hydrogen) atoms. The maximum Gasteiger partial charge on any atom is 0.253 e. The van der Waals surface area contributed by atoms with Crippen LogP contribution in [0.1, 0.15) is 36.2 Å². The summed E-state index contributed by atoms with van der Waals surface area (Å²) < 4.78 is 13.0. The second-order valence-corrected chi connectivity index (χ2v) is 7.38. The van der Waals surface area contributed by atoms with Crippen LogP contribution in [0.2, 0.25) is 0 Å². The Morgan fingerprint density at radius 2 is 1.83 bits per heavy atom. The lowest BCUT2D eigenvalue weighted by Gasteiger charge is -2.20. The molecule has 2 aromatic carbocycles. The summed E-state index contributed by atoms with van der Waals surface area (Å²) in [4.78, 5) is 39.0. The number of benzene rings is 2. The number of amides is 3. The fourth-order valence-corrected chi connectivity index (χ4v) is 3.31. The van der Waals surface area contributed by atoms with E-state index in [-0.39, 0.29) is 42.5 Å². The van der Waals surface area contributed by atoms with E-state index in [1.54, 1.807) is 41.3 Å². The number of carbonyl (C=O) groups is 3. The number of hydrogen-bond acceptors (Lipinski definition) is 3. The van der Waals surface area contributed by atoms with E-state index in [0.29, 0.717) is 17.8 Å². The lowest BCUT2D eigenvalue weighted by molar-refractivity contribution is -0.129. The van der Waals surface area contributed by atoms with E-state index in [0.717, 1.165) is 5.56 Å². The van der Waals surface area contributed by atoms with Crippen molar-refractivity contribution in [2.45, 2.75) is 32.9 Å². The summed E-state index contributed by atoms with van der Waals surface area (Å²) in [6, 6.07) is 12.6. The lowest BCUT2D eigenvalue weighted by Crippen LogP contribution is -2.33. The van der Waals surface area contributed by atoms with Gasteiger partial charge in [-0.3, -0.25) is 14.4 Å². The van der Waals surface area contributed by atoms with E-state index in [1.165, 1.54) is 12.1 Å². The minimum absolute atomic E-state index is 0.0366. The van der Waals surface area contributed by atoms with Crippen molar-refractivity contribution >= 4 is 23.4 Å². The van der Waals surface area contributed by atoms with Crippen LogP contribution in [0.25, 0.3) is 0 Å². The predicted octanol–water partition coefficient (Wildman–Crippen LogP) is 2.95. The van der Waals surface area contributed by atoms with Gasteiger partial charge in [0, 0.05) is 25.6 Å². The van der Waals surface area contributed by atoms with Crippen molar-refractivity contribution in [2.24, 2.45) is 5.92 Å². The largest absolute Gasteiger partial charge is 0.348 e. The van der Waals surface area contributed by atoms with Crippen molar-refractivity contribution in [1.29, 1.82) is 0 Å². The van der Waals surface area contributed by atoms with Crippen molar-refractivity contribution < 1.29 is 18.8 Å². The Morgan fingerprint density at radius 1 is 1.14 bits per heavy atom. The first kappa shape index (κ1) is 20.5. The molecular weight excluding hydrogens is 373 g/mol. The molecule has 6 nitrogen and oxygen atoms in total. The van der Waals surface area contributed by atoms with Crippen LogP contribution in [0, 0.1) is 11.7 Å². The fraction of sp³-hybridized carbons (Fsp3) is 0.318. The first-order valence-electron chi connectivity index (χ1n) is 9.57. The summed E-state index contributed by atoms with van der Waals surface area (Å²) in [5.41, 5.74) is 1.48. The van der Waals surface area contributed by atoms with Gasteiger partial charge in [-0.15, -0.1) is 0 Å². The molecule has 1 aliphatic rings. The Kier molecular flexibility index (Phi) is 6.26. The topological polar surface area (TPSA) is 78.5 Å². The number of nitrogens with zero attached hydrogens (tertiary/aromatic N) is 1. The first-order valence-corrected chi connectivity index (χ1v) is 9.57. The second-order valence-electron chi connectivity index (χ2n) is 7.38. The molecule has 2 N–H and O–H groups in total. The van der Waals surface area contributed by atoms with E-state index < -0.39 is 5.92 Å². The van der Waals surface area contributed by atoms with Crippen LogP contribution in [-0.2, 0) is 16.1 Å². The Morgan fingerprint density at radius 3 is 2.48 bits per heavy atom. The molecule has 0 bridgehead atoms. The van der Waals surface area contributed by atoms with Gasteiger partial charge in [0.1, 0.15) is 5.82 Å². The molecule has 1 saturated heterocycles. The molecular formula is C22H24FN3O3. The van der Waals surface area contributed by atoms with Crippen molar-refractivity contribution in [3.05, 3.63) is 65.5 Å². The second kappa shape index (κ2) is 8.86. The highest BCUT2D eigenvalue weighted by Gasteiger charge is 2.35. The summed E-state index contributed by atoms with van der Waals surface area (Å²) >= 11 is 0. The Labute approximate surface area is 169 Å². The van der Waals surface area contributed by atoms with Crippen LogP contribution in [-0.4, -0.2) is 35.2 Å². The highest BCUT2D eigenvalue weighted by atomic mass is 19.1. The standard InChI is InChI=1S/C22H24FN3O3/c1-14(2)26-13-16(11-20(26)27)21(28)25-19-6-4-3-5-18(19)22(29)24-12-15-7-9-17(23)10-8-15/h3-10,14,16H,11-13H2,1-2H3,(H,24,29)(H,25,28)/t16-/m1/s1. The third-order valence-corrected chi connectivity index (χ3v) is 4.95. The Balaban J connectivity index is 1.65. The quantitative estimate of drug-likeness (QED) is 0.787. The predicted molar refractivity (Wildman–Crippen MR) is 108 cm³/mol. The smallest absolute Gasteiger partial charge is 0.253 e. The van der Waals surface area contributed by atoms with E-state index >= 15 is 0 Å². The molecule has 0 radical (unpaired) electrons. The number of anilines is 1. The summed E-state index contributed by atoms with van der Waals surface area (Å²) in [5, 5.41) is 5.56. The monoisotopic (exact) mass is 397 g/mol. The SMILES string of the molecule is CC(C)N1C[C@H](C(=O)Nc2ccccc2C(=O)NCc2ccc(F)cc2)CC1=O. The molecule has 0 saturated carbocycles. The molecule has 3 rings (SSSR count). The minimum atomic E-state index is -0.444. The van der Waals surface area contributed by atoms with Crippen LogP contribution in [0.15, 0.2) is 48.5 Å². The summed E-state index contributed by atoms with van der Waals surface area (Å²) in [7, 11) is 0. The summed E-state index contributed by atoms with van der Waals surface area (Å²) in [6.07, 6.45) is 0.170. The van der Waals surface area contributed by atoms with Gasteiger partial charge in [0.05, 0.1) is 17.2 Å². The molecule has 0 aromatic heterocycles. The Bertz CT molecular complexity index is 912. The zero-order valence-electron chi connectivity index (χ0n) is 16.4. The highest BCUT2D eigenvalue weighted by Crippen LogP contribution is 2.23. The van der Waals surface area contributed by atoms with E-state index in [2.05, 4.69) is 10.6 Å². The van der Waals surface area contributed by atoms with Gasteiger partial charge in [0.25, 0.3) is 5.91 Å². The van der Waals surface area contributed by atoms with Gasteiger partial charge < -0.3 is 15.5 Å². The lowest BCUT2D eigenvalue weighted by atomic mass is 10.1. The molecule has 0 spiro atoms. The van der Waals surface area contributed by atoms with Gasteiger partial charge in [-0.05, 0) is 43.7 Å². The van der Waals surface area contributed by atoms with E-state index in [4.69, 9.17) is 0 Å². The van der Waals surface area contributed by atoms with Gasteiger partial charge in [0.2, 0.25) is 11.8 Å². The minimum Gasteiger partial charge on any atom is -0.348 e. The van der Waals surface area contributed by atoms with E-state index in [9.17, 15) is 18.8 Å². The number of para-hydroxylation sites is 1.